The number of ether oxygens (including phenoxy) is 3. The molecule has 2 N–H and O–H groups in total. The Bertz CT molecular complexity index is 634. The molecule has 0 aliphatic rings. The zero-order valence-corrected chi connectivity index (χ0v) is 20.1. The number of carbonyl (C=O) groups excluding carboxylic acids is 3. The third kappa shape index (κ3) is 31.5. The molecule has 0 atom stereocenters. The highest BCUT2D eigenvalue weighted by Crippen LogP contribution is 1.94. The lowest BCUT2D eigenvalue weighted by Crippen LogP contribution is -2.08. The van der Waals surface area contributed by atoms with E-state index in [-0.39, 0.29) is 30.7 Å². The second-order valence-corrected chi connectivity index (χ2v) is 6.27. The van der Waals surface area contributed by atoms with Crippen LogP contribution in [0.15, 0.2) is 48.6 Å². The summed E-state index contributed by atoms with van der Waals surface area (Å²) in [4.78, 5) is 41.0. The minimum atomic E-state index is -0.935. The van der Waals surface area contributed by atoms with Crippen LogP contribution in [0.3, 0.4) is 0 Å². The van der Waals surface area contributed by atoms with E-state index in [9.17, 15) is 19.2 Å². The summed E-state index contributed by atoms with van der Waals surface area (Å²) < 4.78 is 13.5. The van der Waals surface area contributed by atoms with Crippen LogP contribution in [0.5, 0.6) is 0 Å². The van der Waals surface area contributed by atoms with E-state index < -0.39 is 11.9 Å². The summed E-state index contributed by atoms with van der Waals surface area (Å²) in [5.74, 6) is -2.02. The predicted molar refractivity (Wildman–Crippen MR) is 123 cm³/mol. The molecule has 0 saturated carbocycles. The molecule has 0 heterocycles. The lowest BCUT2D eigenvalue weighted by molar-refractivity contribution is -0.140. The fraction of sp³-hybridized carbons (Fsp3) is 0.478. The second-order valence-electron chi connectivity index (χ2n) is 6.27. The molecule has 9 heteroatoms. The lowest BCUT2D eigenvalue weighted by atomic mass is 10.3. The van der Waals surface area contributed by atoms with Gasteiger partial charge >= 0.3 is 23.9 Å². The smallest absolute Gasteiger partial charge is 0.333 e. The molecule has 0 radical (unpaired) electrons. The Morgan fingerprint density at radius 3 is 1.25 bits per heavy atom. The van der Waals surface area contributed by atoms with Gasteiger partial charge in [0.1, 0.15) is 6.61 Å². The number of aliphatic hydroxyl groups excluding tert-OH is 1. The number of unbranched alkanes of at least 4 members (excludes halogenated alkanes) is 1. The minimum absolute atomic E-state index is 0.0473. The van der Waals surface area contributed by atoms with Gasteiger partial charge in [-0.25, -0.2) is 19.2 Å². The average Bonchev–Trinajstić information content (AvgIpc) is 2.72. The number of rotatable bonds is 9. The second kappa shape index (κ2) is 24.1. The van der Waals surface area contributed by atoms with Crippen LogP contribution in [0.1, 0.15) is 47.5 Å². The number of carboxylic acids is 1. The van der Waals surface area contributed by atoms with E-state index in [2.05, 4.69) is 42.7 Å². The Morgan fingerprint density at radius 1 is 0.719 bits per heavy atom. The summed E-state index contributed by atoms with van der Waals surface area (Å²) in [6, 6.07) is 0. The van der Waals surface area contributed by atoms with Crippen LogP contribution >= 0.6 is 0 Å². The van der Waals surface area contributed by atoms with Crippen molar-refractivity contribution < 1.29 is 43.6 Å². The molecule has 32 heavy (non-hydrogen) atoms. The number of esters is 3. The third-order valence-electron chi connectivity index (χ3n) is 2.65. The maximum atomic E-state index is 10.7. The molecule has 0 aliphatic heterocycles. The van der Waals surface area contributed by atoms with E-state index in [4.69, 9.17) is 14.9 Å². The van der Waals surface area contributed by atoms with Gasteiger partial charge in [-0.3, -0.25) is 0 Å². The summed E-state index contributed by atoms with van der Waals surface area (Å²) >= 11 is 0. The summed E-state index contributed by atoms with van der Waals surface area (Å²) in [7, 11) is 1.33. The number of carboxylic acid groups (broad SMARTS) is 1. The Hall–Kier alpha value is -3.20. The van der Waals surface area contributed by atoms with Crippen LogP contribution in [0.4, 0.5) is 0 Å². The molecule has 0 bridgehead atoms. The Kier molecular flexibility index (Phi) is 27.2. The number of aliphatic hydroxyl groups is 1. The van der Waals surface area contributed by atoms with Crippen LogP contribution in [-0.2, 0) is 33.4 Å². The standard InChI is InChI=1S/C8H14O2.C6H10O3.C5H8O2.C4H6O2/c1-4-5-6-10-8(9)7(2)3;1-5(2)6(8)9-4-3-7;1-4(2)5(6)7-3;1-3(2)4(5)6/h2,4-6H2,1,3H3;7H,1,3-4H2,2H3;1H2,2-3H3;1H2,2H3,(H,5,6). The summed E-state index contributed by atoms with van der Waals surface area (Å²) in [6.07, 6.45) is 1.97. The van der Waals surface area contributed by atoms with Crippen molar-refractivity contribution in [2.75, 3.05) is 26.9 Å². The van der Waals surface area contributed by atoms with Gasteiger partial charge in [-0.2, -0.15) is 0 Å². The number of aliphatic carboxylic acids is 1. The van der Waals surface area contributed by atoms with E-state index in [1.54, 1.807) is 20.8 Å². The van der Waals surface area contributed by atoms with Crippen LogP contribution in [0, 0.1) is 0 Å². The van der Waals surface area contributed by atoms with E-state index >= 15 is 0 Å². The molecule has 9 nitrogen and oxygen atoms in total. The minimum Gasteiger partial charge on any atom is -0.478 e. The van der Waals surface area contributed by atoms with Crippen LogP contribution in [-0.4, -0.2) is 61.0 Å². The normalized spacial score (nSPS) is 8.34. The first-order chi connectivity index (χ1) is 14.7. The molecular weight excluding hydrogens is 420 g/mol. The molecule has 0 aliphatic carbocycles. The Labute approximate surface area is 191 Å². The van der Waals surface area contributed by atoms with E-state index in [0.29, 0.717) is 23.3 Å². The van der Waals surface area contributed by atoms with E-state index in [1.165, 1.54) is 14.0 Å². The van der Waals surface area contributed by atoms with E-state index in [1.807, 2.05) is 0 Å². The number of hydrogen-bond acceptors (Lipinski definition) is 8. The van der Waals surface area contributed by atoms with Gasteiger partial charge in [0.15, 0.2) is 0 Å². The molecule has 0 aromatic rings. The molecular formula is C23H38O9. The van der Waals surface area contributed by atoms with Gasteiger partial charge in [-0.05, 0) is 34.1 Å². The summed E-state index contributed by atoms with van der Waals surface area (Å²) in [5, 5.41) is 16.1. The molecule has 0 aromatic heterocycles. The highest BCUT2D eigenvalue weighted by Gasteiger charge is 2.01. The van der Waals surface area contributed by atoms with Gasteiger partial charge in [0.05, 0.1) is 20.3 Å². The van der Waals surface area contributed by atoms with Crippen LogP contribution < -0.4 is 0 Å². The zero-order valence-electron chi connectivity index (χ0n) is 20.1. The highest BCUT2D eigenvalue weighted by atomic mass is 16.5. The van der Waals surface area contributed by atoms with Crippen LogP contribution in [0.2, 0.25) is 0 Å². The van der Waals surface area contributed by atoms with Gasteiger partial charge < -0.3 is 24.4 Å². The Balaban J connectivity index is -0.000000166. The first kappa shape index (κ1) is 36.2. The van der Waals surface area contributed by atoms with Gasteiger partial charge in [0.25, 0.3) is 0 Å². The lowest BCUT2D eigenvalue weighted by Gasteiger charge is -2.01. The highest BCUT2D eigenvalue weighted by molar-refractivity contribution is 5.87. The van der Waals surface area contributed by atoms with Crippen molar-refractivity contribution in [1.82, 2.24) is 0 Å². The van der Waals surface area contributed by atoms with Crippen molar-refractivity contribution in [2.24, 2.45) is 0 Å². The maximum absolute atomic E-state index is 10.7. The molecule has 184 valence electrons. The van der Waals surface area contributed by atoms with Crippen molar-refractivity contribution in [1.29, 1.82) is 0 Å². The molecule has 0 spiro atoms. The fourth-order valence-electron chi connectivity index (χ4n) is 0.868. The largest absolute Gasteiger partial charge is 0.478 e. The first-order valence-electron chi connectivity index (χ1n) is 9.58. The van der Waals surface area contributed by atoms with Gasteiger partial charge in [-0.15, -0.1) is 0 Å². The van der Waals surface area contributed by atoms with Crippen molar-refractivity contribution in [2.45, 2.75) is 47.5 Å². The van der Waals surface area contributed by atoms with Gasteiger partial charge in [0.2, 0.25) is 0 Å². The van der Waals surface area contributed by atoms with Crippen LogP contribution in [0.25, 0.3) is 0 Å². The third-order valence-corrected chi connectivity index (χ3v) is 2.65. The first-order valence-corrected chi connectivity index (χ1v) is 9.58. The van der Waals surface area contributed by atoms with Crippen molar-refractivity contribution >= 4 is 23.9 Å². The molecule has 0 rings (SSSR count). The molecule has 0 fully saturated rings. The number of methoxy groups -OCH3 is 1. The molecule has 0 amide bonds. The zero-order chi connectivity index (χ0) is 26.3. The summed E-state index contributed by atoms with van der Waals surface area (Å²) in [5.41, 5.74) is 1.43. The van der Waals surface area contributed by atoms with E-state index in [0.717, 1.165) is 12.8 Å². The monoisotopic (exact) mass is 458 g/mol. The van der Waals surface area contributed by atoms with Gasteiger partial charge in [0, 0.05) is 22.3 Å². The van der Waals surface area contributed by atoms with Crippen molar-refractivity contribution in [3.8, 4) is 0 Å². The number of hydrogen-bond donors (Lipinski definition) is 2. The predicted octanol–water partition coefficient (Wildman–Crippen LogP) is 3.39. The fourth-order valence-corrected chi connectivity index (χ4v) is 0.868. The molecule has 0 aromatic carbocycles. The molecule has 0 unspecified atom stereocenters. The number of carbonyl (C=O) groups is 4. The topological polar surface area (TPSA) is 136 Å². The van der Waals surface area contributed by atoms with Crippen molar-refractivity contribution in [3.05, 3.63) is 48.6 Å². The van der Waals surface area contributed by atoms with Crippen molar-refractivity contribution in [3.63, 3.8) is 0 Å². The van der Waals surface area contributed by atoms with Gasteiger partial charge in [-0.1, -0.05) is 39.7 Å². The Morgan fingerprint density at radius 2 is 1.06 bits per heavy atom. The molecule has 0 saturated heterocycles. The SMILES string of the molecule is C=C(C)C(=O)O.C=C(C)C(=O)OC.C=C(C)C(=O)OCCCC.C=C(C)C(=O)OCCO. The summed E-state index contributed by atoms with van der Waals surface area (Å²) in [6.45, 7) is 22.0. The quantitative estimate of drug-likeness (QED) is 0.230. The maximum Gasteiger partial charge on any atom is 0.333 e. The average molecular weight is 459 g/mol.